The van der Waals surface area contributed by atoms with Gasteiger partial charge in [0.15, 0.2) is 5.54 Å². The number of nitrogens with one attached hydrogen (secondary N) is 1. The van der Waals surface area contributed by atoms with Crippen molar-refractivity contribution in [2.24, 2.45) is 34.6 Å². The second-order valence-corrected chi connectivity index (χ2v) is 11.1. The summed E-state index contributed by atoms with van der Waals surface area (Å²) in [4.78, 5) is 21.6. The molecular weight excluding hydrogens is 382 g/mol. The highest BCUT2D eigenvalue weighted by atomic mass is 16.2. The van der Waals surface area contributed by atoms with E-state index >= 15 is 0 Å². The lowest BCUT2D eigenvalue weighted by atomic mass is 9.59. The van der Waals surface area contributed by atoms with Crippen molar-refractivity contribution in [3.05, 3.63) is 35.9 Å². The Morgan fingerprint density at radius 2 is 1.97 bits per heavy atom. The number of likely N-dealkylation sites (tertiary alicyclic amines) is 1. The molecule has 168 valence electrons. The van der Waals surface area contributed by atoms with Gasteiger partial charge in [-0.05, 0) is 54.9 Å². The van der Waals surface area contributed by atoms with Gasteiger partial charge in [0.25, 0.3) is 0 Å². The number of carbonyl (C=O) groups excluding carboxylic acids is 1. The van der Waals surface area contributed by atoms with Crippen molar-refractivity contribution in [1.29, 1.82) is 0 Å². The smallest absolute Gasteiger partial charge is 0.249 e. The summed E-state index contributed by atoms with van der Waals surface area (Å²) in [5, 5.41) is 3.42. The lowest BCUT2D eigenvalue weighted by Gasteiger charge is -2.51. The summed E-state index contributed by atoms with van der Waals surface area (Å²) < 4.78 is 0. The maximum atomic E-state index is 13.9. The molecule has 4 heteroatoms. The van der Waals surface area contributed by atoms with Crippen LogP contribution in [0.5, 0.6) is 0 Å². The molecule has 31 heavy (non-hydrogen) atoms. The van der Waals surface area contributed by atoms with E-state index in [9.17, 15) is 4.79 Å². The number of benzene rings is 1. The molecule has 4 nitrogen and oxygen atoms in total. The lowest BCUT2D eigenvalue weighted by molar-refractivity contribution is -0.132. The van der Waals surface area contributed by atoms with Crippen molar-refractivity contribution in [2.75, 3.05) is 19.6 Å². The van der Waals surface area contributed by atoms with Crippen molar-refractivity contribution in [3.8, 4) is 0 Å². The van der Waals surface area contributed by atoms with Crippen LogP contribution in [0.25, 0.3) is 0 Å². The van der Waals surface area contributed by atoms with Crippen LogP contribution in [0, 0.1) is 29.6 Å². The maximum Gasteiger partial charge on any atom is 0.249 e. The van der Waals surface area contributed by atoms with E-state index in [1.807, 2.05) is 0 Å². The Labute approximate surface area is 187 Å². The molecule has 1 aromatic carbocycles. The molecule has 3 aliphatic heterocycles. The summed E-state index contributed by atoms with van der Waals surface area (Å²) in [6.45, 7) is 7.52. The molecule has 3 heterocycles. The van der Waals surface area contributed by atoms with Gasteiger partial charge in [0, 0.05) is 37.8 Å². The number of nitrogens with zero attached hydrogens (tertiary/aromatic N) is 2. The number of rotatable bonds is 7. The van der Waals surface area contributed by atoms with Crippen LogP contribution in [0.1, 0.15) is 57.9 Å². The fourth-order valence-electron chi connectivity index (χ4n) is 7.17. The topological polar surface area (TPSA) is 44.7 Å². The van der Waals surface area contributed by atoms with E-state index in [2.05, 4.69) is 60.6 Å². The van der Waals surface area contributed by atoms with Gasteiger partial charge in [-0.25, -0.2) is 0 Å². The first kappa shape index (κ1) is 21.2. The first-order valence-electron chi connectivity index (χ1n) is 12.7. The summed E-state index contributed by atoms with van der Waals surface area (Å²) in [5.41, 5.74) is 0.816. The van der Waals surface area contributed by atoms with Crippen LogP contribution in [0.15, 0.2) is 35.3 Å². The SMILES string of the molecule is CC(C)CN1CC2CC3C=NC2(C(=O)NCC2CCCCC2)C1C3Cc1ccccc1. The van der Waals surface area contributed by atoms with Gasteiger partial charge in [-0.2, -0.15) is 0 Å². The van der Waals surface area contributed by atoms with Gasteiger partial charge < -0.3 is 5.32 Å². The van der Waals surface area contributed by atoms with E-state index in [1.54, 1.807) is 0 Å². The predicted octanol–water partition coefficient (Wildman–Crippen LogP) is 4.34. The van der Waals surface area contributed by atoms with Crippen LogP contribution < -0.4 is 5.32 Å². The third kappa shape index (κ3) is 3.86. The first-order chi connectivity index (χ1) is 15.1. The third-order valence-corrected chi connectivity index (χ3v) is 8.47. The van der Waals surface area contributed by atoms with Crippen molar-refractivity contribution >= 4 is 12.1 Å². The first-order valence-corrected chi connectivity index (χ1v) is 12.7. The zero-order chi connectivity index (χ0) is 21.4. The molecule has 0 spiro atoms. The highest BCUT2D eigenvalue weighted by molar-refractivity contribution is 5.92. The molecule has 4 bridgehead atoms. The Bertz CT molecular complexity index is 800. The Hall–Kier alpha value is -1.68. The Kier molecular flexibility index (Phi) is 5.94. The number of hydrogen-bond acceptors (Lipinski definition) is 3. The average molecular weight is 422 g/mol. The lowest BCUT2D eigenvalue weighted by Crippen LogP contribution is -2.66. The van der Waals surface area contributed by atoms with Gasteiger partial charge >= 0.3 is 0 Å². The largest absolute Gasteiger partial charge is 0.354 e. The number of carbonyl (C=O) groups is 1. The van der Waals surface area contributed by atoms with Gasteiger partial charge in [-0.15, -0.1) is 0 Å². The highest BCUT2D eigenvalue weighted by Crippen LogP contribution is 2.54. The monoisotopic (exact) mass is 421 g/mol. The number of hydrogen-bond donors (Lipinski definition) is 1. The van der Waals surface area contributed by atoms with E-state index in [0.29, 0.717) is 29.6 Å². The number of aliphatic imine (C=N–C) groups is 1. The van der Waals surface area contributed by atoms with Crippen molar-refractivity contribution in [2.45, 2.75) is 70.4 Å². The zero-order valence-corrected chi connectivity index (χ0v) is 19.3. The molecule has 0 aromatic heterocycles. The van der Waals surface area contributed by atoms with E-state index < -0.39 is 5.54 Å². The number of amides is 1. The van der Waals surface area contributed by atoms with Crippen LogP contribution in [-0.4, -0.2) is 48.2 Å². The summed E-state index contributed by atoms with van der Waals surface area (Å²) in [7, 11) is 0. The van der Waals surface area contributed by atoms with Gasteiger partial charge in [0.2, 0.25) is 5.91 Å². The molecule has 1 N–H and O–H groups in total. The normalized spacial score (nSPS) is 35.1. The molecule has 1 aromatic rings. The quantitative estimate of drug-likeness (QED) is 0.712. The Morgan fingerprint density at radius 1 is 1.19 bits per heavy atom. The van der Waals surface area contributed by atoms with E-state index in [4.69, 9.17) is 4.99 Å². The molecule has 3 fully saturated rings. The zero-order valence-electron chi connectivity index (χ0n) is 19.3. The molecule has 0 radical (unpaired) electrons. The minimum absolute atomic E-state index is 0.215. The third-order valence-electron chi connectivity index (χ3n) is 8.47. The summed E-state index contributed by atoms with van der Waals surface area (Å²) in [5.74, 6) is 2.80. The molecule has 1 amide bonds. The van der Waals surface area contributed by atoms with Crippen LogP contribution in [0.3, 0.4) is 0 Å². The second kappa shape index (κ2) is 8.69. The minimum Gasteiger partial charge on any atom is -0.354 e. The van der Waals surface area contributed by atoms with E-state index in [-0.39, 0.29) is 11.9 Å². The van der Waals surface area contributed by atoms with Crippen molar-refractivity contribution < 1.29 is 4.79 Å². The van der Waals surface area contributed by atoms with Gasteiger partial charge in [0.05, 0.1) is 0 Å². The molecular formula is C27H39N3O. The molecule has 1 saturated heterocycles. The predicted molar refractivity (Wildman–Crippen MR) is 126 cm³/mol. The molecule has 5 unspecified atom stereocenters. The van der Waals surface area contributed by atoms with Crippen molar-refractivity contribution in [3.63, 3.8) is 0 Å². The Balaban J connectivity index is 1.41. The molecule has 5 aliphatic rings. The van der Waals surface area contributed by atoms with Crippen LogP contribution in [0.2, 0.25) is 0 Å². The van der Waals surface area contributed by atoms with Crippen molar-refractivity contribution in [1.82, 2.24) is 10.2 Å². The summed E-state index contributed by atoms with van der Waals surface area (Å²) in [6, 6.07) is 11.1. The van der Waals surface area contributed by atoms with Gasteiger partial charge in [0.1, 0.15) is 0 Å². The van der Waals surface area contributed by atoms with Crippen LogP contribution in [-0.2, 0) is 11.2 Å². The van der Waals surface area contributed by atoms with Gasteiger partial charge in [-0.1, -0.05) is 63.4 Å². The molecule has 2 aliphatic carbocycles. The summed E-state index contributed by atoms with van der Waals surface area (Å²) >= 11 is 0. The molecule has 5 atom stereocenters. The fourth-order valence-corrected chi connectivity index (χ4v) is 7.17. The molecule has 2 saturated carbocycles. The highest BCUT2D eigenvalue weighted by Gasteiger charge is 2.67. The maximum absolute atomic E-state index is 13.9. The standard InChI is InChI=1S/C27H39N3O/c1-19(2)17-30-18-23-14-22-16-29-27(23,26(31)28-15-21-11-7-4-8-12-21)25(30)24(22)13-20-9-5-3-6-10-20/h3,5-6,9-10,16,19,21-25H,4,7-8,11-15,17-18H2,1-2H3,(H,28,31). The second-order valence-electron chi connectivity index (χ2n) is 11.1. The minimum atomic E-state index is -0.572. The van der Waals surface area contributed by atoms with E-state index in [1.165, 1.54) is 37.7 Å². The van der Waals surface area contributed by atoms with Crippen LogP contribution >= 0.6 is 0 Å². The molecule has 6 rings (SSSR count). The van der Waals surface area contributed by atoms with Gasteiger partial charge in [-0.3, -0.25) is 14.7 Å². The van der Waals surface area contributed by atoms with Crippen LogP contribution in [0.4, 0.5) is 0 Å². The van der Waals surface area contributed by atoms with E-state index in [0.717, 1.165) is 32.5 Å². The summed E-state index contributed by atoms with van der Waals surface area (Å²) in [6.07, 6.45) is 10.8. The Morgan fingerprint density at radius 3 is 2.71 bits per heavy atom. The fraction of sp³-hybridized carbons (Fsp3) is 0.704. The average Bonchev–Trinajstić information content (AvgIpc) is 3.04.